The number of ether oxygens (including phenoxy) is 2. The molecule has 3 heterocycles. The number of hydrogen-bond acceptors (Lipinski definition) is 9. The Bertz CT molecular complexity index is 1610. The summed E-state index contributed by atoms with van der Waals surface area (Å²) in [5.41, 5.74) is 5.36. The molecule has 1 aliphatic heterocycles. The van der Waals surface area contributed by atoms with E-state index < -0.39 is 30.4 Å². The van der Waals surface area contributed by atoms with Crippen LogP contribution in [0.25, 0.3) is 22.4 Å². The highest BCUT2D eigenvalue weighted by Crippen LogP contribution is 2.37. The second-order valence-corrected chi connectivity index (χ2v) is 9.45. The van der Waals surface area contributed by atoms with Gasteiger partial charge >= 0.3 is 6.18 Å². The fraction of sp³-hybridized carbons (Fsp3) is 0.321. The molecule has 10 nitrogen and oxygen atoms in total. The maximum absolute atomic E-state index is 13.5. The van der Waals surface area contributed by atoms with Crippen molar-refractivity contribution in [3.05, 3.63) is 65.7 Å². The summed E-state index contributed by atoms with van der Waals surface area (Å²) in [6.45, 7) is 1.33. The molecule has 1 aliphatic rings. The van der Waals surface area contributed by atoms with Crippen molar-refractivity contribution in [1.82, 2.24) is 14.9 Å². The molecule has 14 heteroatoms. The number of aliphatic hydroxyl groups excluding tert-OH is 1. The van der Waals surface area contributed by atoms with Crippen molar-refractivity contribution in [3.8, 4) is 23.0 Å². The molecule has 0 radical (unpaired) electrons. The lowest BCUT2D eigenvalue weighted by Gasteiger charge is -2.40. The van der Waals surface area contributed by atoms with Crippen molar-refractivity contribution in [2.45, 2.75) is 32.2 Å². The van der Waals surface area contributed by atoms with Crippen LogP contribution in [0.1, 0.15) is 28.9 Å². The van der Waals surface area contributed by atoms with Gasteiger partial charge in [-0.05, 0) is 36.4 Å². The Morgan fingerprint density at radius 1 is 1.14 bits per heavy atom. The van der Waals surface area contributed by atoms with E-state index in [-0.39, 0.29) is 71.5 Å². The largest absolute Gasteiger partial charge is 0.494 e. The number of β-amino-alcohol motifs (C(OH)–C–C–N with tert-alkyl or cyclic N) is 1. The van der Waals surface area contributed by atoms with Gasteiger partial charge in [0.25, 0.3) is 5.91 Å². The number of anilines is 1. The molecule has 222 valence electrons. The molecule has 1 amide bonds. The number of piperazine rings is 1. The molecule has 2 aromatic carbocycles. The summed E-state index contributed by atoms with van der Waals surface area (Å²) in [7, 11) is 1.31. The van der Waals surface area contributed by atoms with Crippen LogP contribution >= 0.6 is 0 Å². The average molecular weight is 590 g/mol. The third-order valence-electron chi connectivity index (χ3n) is 6.75. The van der Waals surface area contributed by atoms with Gasteiger partial charge in [-0.3, -0.25) is 4.79 Å². The van der Waals surface area contributed by atoms with Crippen LogP contribution in [0.4, 0.5) is 23.2 Å². The van der Waals surface area contributed by atoms with E-state index in [2.05, 4.69) is 9.97 Å². The molecule has 2 atom stereocenters. The van der Waals surface area contributed by atoms with E-state index in [1.807, 2.05) is 0 Å². The van der Waals surface area contributed by atoms with E-state index in [9.17, 15) is 27.5 Å². The molecule has 0 saturated carbocycles. The van der Waals surface area contributed by atoms with Crippen LogP contribution in [0.15, 0.2) is 52.9 Å². The standard InChI is InChI=1S/C28H27F4N5O5/c1-15(29)41-19-6-4-3-5-18(19)37-12-11-36(14-23(37)38)27(39)25-21(13-33)42-26(35-25)17-7-9-20(40-2)24-16(17)8-10-22(34-24)28(30,31)32/h3-10,15,23,38H,11-14,33H2,1-2H3. The number of carbonyl (C=O) groups is 1. The number of pyridine rings is 1. The van der Waals surface area contributed by atoms with Crippen molar-refractivity contribution in [3.63, 3.8) is 0 Å². The third-order valence-corrected chi connectivity index (χ3v) is 6.75. The highest BCUT2D eigenvalue weighted by molar-refractivity contribution is 5.98. The van der Waals surface area contributed by atoms with Crippen molar-refractivity contribution in [1.29, 1.82) is 0 Å². The Hall–Kier alpha value is -4.43. The second-order valence-electron chi connectivity index (χ2n) is 9.45. The molecule has 0 bridgehead atoms. The van der Waals surface area contributed by atoms with Gasteiger partial charge in [0, 0.05) is 31.0 Å². The Labute approximate surface area is 237 Å². The van der Waals surface area contributed by atoms with Gasteiger partial charge in [0.2, 0.25) is 12.2 Å². The zero-order chi connectivity index (χ0) is 30.2. The van der Waals surface area contributed by atoms with Crippen LogP contribution in [0.3, 0.4) is 0 Å². The lowest BCUT2D eigenvalue weighted by Crippen LogP contribution is -2.55. The summed E-state index contributed by atoms with van der Waals surface area (Å²) >= 11 is 0. The van der Waals surface area contributed by atoms with Gasteiger partial charge in [-0.15, -0.1) is 0 Å². The number of halogens is 4. The summed E-state index contributed by atoms with van der Waals surface area (Å²) < 4.78 is 69.8. The number of rotatable bonds is 7. The number of carbonyl (C=O) groups excluding carboxylic acids is 1. The van der Waals surface area contributed by atoms with Crippen molar-refractivity contribution in [2.24, 2.45) is 5.73 Å². The van der Waals surface area contributed by atoms with Crippen LogP contribution in [0.5, 0.6) is 11.5 Å². The minimum absolute atomic E-state index is 0.0429. The Balaban J connectivity index is 1.43. The number of fused-ring (bicyclic) bond motifs is 1. The third kappa shape index (κ3) is 5.54. The quantitative estimate of drug-likeness (QED) is 0.303. The Morgan fingerprint density at radius 3 is 2.57 bits per heavy atom. The maximum atomic E-state index is 13.5. The van der Waals surface area contributed by atoms with E-state index in [0.29, 0.717) is 5.69 Å². The predicted molar refractivity (Wildman–Crippen MR) is 144 cm³/mol. The van der Waals surface area contributed by atoms with E-state index in [4.69, 9.17) is 19.6 Å². The Kier molecular flexibility index (Phi) is 7.93. The van der Waals surface area contributed by atoms with Gasteiger partial charge < -0.3 is 34.5 Å². The van der Waals surface area contributed by atoms with Crippen LogP contribution in [-0.2, 0) is 12.7 Å². The van der Waals surface area contributed by atoms with Gasteiger partial charge in [0.15, 0.2) is 11.5 Å². The first-order chi connectivity index (χ1) is 20.0. The van der Waals surface area contributed by atoms with E-state index >= 15 is 0 Å². The molecule has 1 fully saturated rings. The lowest BCUT2D eigenvalue weighted by atomic mass is 10.1. The zero-order valence-corrected chi connectivity index (χ0v) is 22.6. The fourth-order valence-corrected chi connectivity index (χ4v) is 4.82. The van der Waals surface area contributed by atoms with Crippen LogP contribution < -0.4 is 20.1 Å². The SMILES string of the molecule is COc1ccc(-c2nc(C(=O)N3CCN(c4ccccc4OC(C)F)C(O)C3)c(CN)o2)c2ccc(C(F)(F)F)nc12. The molecule has 1 saturated heterocycles. The summed E-state index contributed by atoms with van der Waals surface area (Å²) in [5.74, 6) is -0.172. The number of aromatic nitrogens is 2. The summed E-state index contributed by atoms with van der Waals surface area (Å²) in [6.07, 6.45) is -7.37. The zero-order valence-electron chi connectivity index (χ0n) is 22.6. The number of amides is 1. The molecule has 4 aromatic rings. The number of alkyl halides is 4. The van der Waals surface area contributed by atoms with Crippen molar-refractivity contribution < 1.29 is 41.4 Å². The molecule has 2 aromatic heterocycles. The summed E-state index contributed by atoms with van der Waals surface area (Å²) in [5, 5.41) is 11.2. The minimum Gasteiger partial charge on any atom is -0.494 e. The van der Waals surface area contributed by atoms with Gasteiger partial charge in [-0.2, -0.15) is 13.2 Å². The number of benzene rings is 2. The number of aliphatic hydroxyl groups is 1. The van der Waals surface area contributed by atoms with Gasteiger partial charge in [0.1, 0.15) is 28.9 Å². The molecule has 42 heavy (non-hydrogen) atoms. The van der Waals surface area contributed by atoms with Gasteiger partial charge in [-0.1, -0.05) is 12.1 Å². The fourth-order valence-electron chi connectivity index (χ4n) is 4.82. The number of oxazole rings is 1. The average Bonchev–Trinajstić information content (AvgIpc) is 3.40. The number of nitrogens with zero attached hydrogens (tertiary/aromatic N) is 4. The number of methoxy groups -OCH3 is 1. The highest BCUT2D eigenvalue weighted by Gasteiger charge is 2.35. The lowest BCUT2D eigenvalue weighted by molar-refractivity contribution is -0.140. The molecule has 0 spiro atoms. The van der Waals surface area contributed by atoms with Crippen LogP contribution in [-0.4, -0.2) is 65.2 Å². The van der Waals surface area contributed by atoms with Crippen LogP contribution in [0, 0.1) is 0 Å². The smallest absolute Gasteiger partial charge is 0.433 e. The predicted octanol–water partition coefficient (Wildman–Crippen LogP) is 4.35. The first-order valence-electron chi connectivity index (χ1n) is 12.9. The number of hydrogen-bond donors (Lipinski definition) is 2. The monoisotopic (exact) mass is 589 g/mol. The van der Waals surface area contributed by atoms with Crippen molar-refractivity contribution in [2.75, 3.05) is 31.6 Å². The second kappa shape index (κ2) is 11.4. The highest BCUT2D eigenvalue weighted by atomic mass is 19.4. The normalized spacial score (nSPS) is 16.5. The maximum Gasteiger partial charge on any atom is 0.433 e. The Morgan fingerprint density at radius 2 is 1.90 bits per heavy atom. The van der Waals surface area contributed by atoms with E-state index in [1.165, 1.54) is 37.1 Å². The molecular formula is C28H27F4N5O5. The molecular weight excluding hydrogens is 562 g/mol. The van der Waals surface area contributed by atoms with Gasteiger partial charge in [-0.25, -0.2) is 14.4 Å². The van der Waals surface area contributed by atoms with Crippen LogP contribution in [0.2, 0.25) is 0 Å². The summed E-state index contributed by atoms with van der Waals surface area (Å²) in [4.78, 5) is 24.6. The minimum atomic E-state index is -4.67. The van der Waals surface area contributed by atoms with Gasteiger partial charge in [0.05, 0.1) is 25.9 Å². The number of para-hydroxylation sites is 2. The van der Waals surface area contributed by atoms with E-state index in [0.717, 1.165) is 6.07 Å². The first-order valence-corrected chi connectivity index (χ1v) is 12.9. The molecule has 3 N–H and O–H groups in total. The molecule has 0 aliphatic carbocycles. The summed E-state index contributed by atoms with van der Waals surface area (Å²) in [6, 6.07) is 11.7. The topological polar surface area (TPSA) is 127 Å². The molecule has 2 unspecified atom stereocenters. The van der Waals surface area contributed by atoms with E-state index in [1.54, 1.807) is 29.2 Å². The first kappa shape index (κ1) is 29.1. The molecule has 5 rings (SSSR count). The van der Waals surface area contributed by atoms with Crippen molar-refractivity contribution >= 4 is 22.5 Å². The number of nitrogens with two attached hydrogens (primary N) is 1.